The second-order valence-corrected chi connectivity index (χ2v) is 6.47. The van der Waals surface area contributed by atoms with Crippen molar-refractivity contribution in [3.63, 3.8) is 0 Å². The maximum Gasteiger partial charge on any atom is 0.220 e. The lowest BCUT2D eigenvalue weighted by molar-refractivity contribution is -0.121. The molecule has 0 bridgehead atoms. The van der Waals surface area contributed by atoms with Gasteiger partial charge in [0.15, 0.2) is 0 Å². The highest BCUT2D eigenvalue weighted by molar-refractivity contribution is 5.77. The molecule has 5 nitrogen and oxygen atoms in total. The zero-order chi connectivity index (χ0) is 18.1. The number of carbonyl (C=O) groups is 2. The lowest BCUT2D eigenvalue weighted by Crippen LogP contribution is -2.30. The van der Waals surface area contributed by atoms with Crippen LogP contribution in [0, 0.1) is 12.8 Å². The van der Waals surface area contributed by atoms with Gasteiger partial charge in [-0.05, 0) is 42.4 Å². The van der Waals surface area contributed by atoms with Gasteiger partial charge in [-0.15, -0.1) is 0 Å². The first-order valence-electron chi connectivity index (χ1n) is 8.50. The van der Waals surface area contributed by atoms with E-state index in [0.29, 0.717) is 25.4 Å². The average molecular weight is 334 g/mol. The molecule has 0 saturated carbocycles. The van der Waals surface area contributed by atoms with Gasteiger partial charge in [-0.25, -0.2) is 0 Å². The van der Waals surface area contributed by atoms with Gasteiger partial charge in [0, 0.05) is 26.4 Å². The molecule has 0 aliphatic heterocycles. The van der Waals surface area contributed by atoms with E-state index in [4.69, 9.17) is 4.74 Å². The van der Waals surface area contributed by atoms with Gasteiger partial charge in [-0.2, -0.15) is 0 Å². The molecule has 134 valence electrons. The van der Waals surface area contributed by atoms with Crippen molar-refractivity contribution in [1.82, 2.24) is 10.6 Å². The molecule has 0 aliphatic rings. The first kappa shape index (κ1) is 20.0. The number of benzene rings is 1. The third-order valence-electron chi connectivity index (χ3n) is 4.11. The van der Waals surface area contributed by atoms with Crippen molar-refractivity contribution < 1.29 is 14.3 Å². The zero-order valence-corrected chi connectivity index (χ0v) is 15.4. The molecular formula is C19H30N2O3. The van der Waals surface area contributed by atoms with Crippen LogP contribution in [0.2, 0.25) is 0 Å². The largest absolute Gasteiger partial charge is 0.496 e. The Balaban J connectivity index is 2.58. The Morgan fingerprint density at radius 2 is 1.83 bits per heavy atom. The molecule has 0 fully saturated rings. The van der Waals surface area contributed by atoms with Crippen LogP contribution in [0.5, 0.6) is 5.75 Å². The molecule has 24 heavy (non-hydrogen) atoms. The summed E-state index contributed by atoms with van der Waals surface area (Å²) < 4.78 is 5.30. The molecular weight excluding hydrogens is 304 g/mol. The Kier molecular flexibility index (Phi) is 8.30. The van der Waals surface area contributed by atoms with Crippen molar-refractivity contribution in [2.24, 2.45) is 5.92 Å². The normalized spacial score (nSPS) is 11.9. The summed E-state index contributed by atoms with van der Waals surface area (Å²) >= 11 is 0. The van der Waals surface area contributed by atoms with Gasteiger partial charge in [-0.3, -0.25) is 9.59 Å². The van der Waals surface area contributed by atoms with E-state index in [-0.39, 0.29) is 17.7 Å². The predicted molar refractivity (Wildman–Crippen MR) is 96.2 cm³/mol. The van der Waals surface area contributed by atoms with Crippen molar-refractivity contribution in [1.29, 1.82) is 0 Å². The van der Waals surface area contributed by atoms with Gasteiger partial charge >= 0.3 is 0 Å². The Hall–Kier alpha value is -2.04. The van der Waals surface area contributed by atoms with Crippen LogP contribution in [-0.2, 0) is 9.59 Å². The fourth-order valence-electron chi connectivity index (χ4n) is 2.72. The van der Waals surface area contributed by atoms with Crippen LogP contribution in [0.1, 0.15) is 50.7 Å². The summed E-state index contributed by atoms with van der Waals surface area (Å²) in [5.41, 5.74) is 2.24. The van der Waals surface area contributed by atoms with Gasteiger partial charge < -0.3 is 15.4 Å². The molecule has 0 aliphatic carbocycles. The van der Waals surface area contributed by atoms with Crippen LogP contribution in [0.15, 0.2) is 18.2 Å². The summed E-state index contributed by atoms with van der Waals surface area (Å²) in [5, 5.41) is 5.65. The smallest absolute Gasteiger partial charge is 0.220 e. The van der Waals surface area contributed by atoms with E-state index in [1.54, 1.807) is 7.11 Å². The quantitative estimate of drug-likeness (QED) is 0.682. The number of hydrogen-bond acceptors (Lipinski definition) is 3. The number of rotatable bonds is 9. The van der Waals surface area contributed by atoms with E-state index in [1.165, 1.54) is 6.92 Å². The topological polar surface area (TPSA) is 67.4 Å². The van der Waals surface area contributed by atoms with Crippen LogP contribution < -0.4 is 15.4 Å². The van der Waals surface area contributed by atoms with Crippen molar-refractivity contribution in [2.75, 3.05) is 20.2 Å². The maximum absolute atomic E-state index is 12.2. The zero-order valence-electron chi connectivity index (χ0n) is 15.4. The van der Waals surface area contributed by atoms with E-state index in [9.17, 15) is 9.59 Å². The van der Waals surface area contributed by atoms with E-state index < -0.39 is 0 Å². The van der Waals surface area contributed by atoms with Gasteiger partial charge in [0.2, 0.25) is 11.8 Å². The minimum absolute atomic E-state index is 0.0453. The van der Waals surface area contributed by atoms with E-state index in [0.717, 1.165) is 23.3 Å². The number of nitrogens with one attached hydrogen (secondary N) is 2. The lowest BCUT2D eigenvalue weighted by Gasteiger charge is -2.22. The molecule has 0 aromatic heterocycles. The van der Waals surface area contributed by atoms with Crippen molar-refractivity contribution in [3.8, 4) is 5.75 Å². The molecule has 2 amide bonds. The fraction of sp³-hybridized carbons (Fsp3) is 0.579. The van der Waals surface area contributed by atoms with Crippen LogP contribution in [0.25, 0.3) is 0 Å². The fourth-order valence-corrected chi connectivity index (χ4v) is 2.72. The lowest BCUT2D eigenvalue weighted by atomic mass is 9.85. The average Bonchev–Trinajstić information content (AvgIpc) is 2.51. The first-order valence-corrected chi connectivity index (χ1v) is 8.50. The summed E-state index contributed by atoms with van der Waals surface area (Å²) in [7, 11) is 1.66. The number of aryl methyl sites for hydroxylation is 1. The molecule has 5 heteroatoms. The Morgan fingerprint density at radius 1 is 1.17 bits per heavy atom. The van der Waals surface area contributed by atoms with Gasteiger partial charge in [0.25, 0.3) is 0 Å². The summed E-state index contributed by atoms with van der Waals surface area (Å²) in [6, 6.07) is 6.11. The molecule has 1 atom stereocenters. The summed E-state index contributed by atoms with van der Waals surface area (Å²) in [6.07, 6.45) is 1.20. The number of amides is 2. The van der Waals surface area contributed by atoms with E-state index in [1.807, 2.05) is 19.1 Å². The molecule has 1 aromatic carbocycles. The second-order valence-electron chi connectivity index (χ2n) is 6.47. The molecule has 0 radical (unpaired) electrons. The van der Waals surface area contributed by atoms with Crippen LogP contribution in [0.3, 0.4) is 0 Å². The number of carbonyl (C=O) groups excluding carboxylic acids is 2. The highest BCUT2D eigenvalue weighted by Gasteiger charge is 2.20. The number of ether oxygens (including phenoxy) is 1. The van der Waals surface area contributed by atoms with Gasteiger partial charge in [0.1, 0.15) is 5.75 Å². The molecule has 1 unspecified atom stereocenters. The third-order valence-corrected chi connectivity index (χ3v) is 4.11. The van der Waals surface area contributed by atoms with E-state index >= 15 is 0 Å². The number of methoxy groups -OCH3 is 1. The highest BCUT2D eigenvalue weighted by Crippen LogP contribution is 2.31. The molecule has 0 spiro atoms. The Bertz CT molecular complexity index is 556. The molecule has 0 heterocycles. The standard InChI is InChI=1S/C19H30N2O3/c1-13(2)17(16-7-8-18(24-5)14(3)11-16)12-19(23)21-10-6-9-20-15(4)22/h7-8,11,13,17H,6,9-10,12H2,1-5H3,(H,20,22)(H,21,23). The van der Waals surface area contributed by atoms with Crippen molar-refractivity contribution in [3.05, 3.63) is 29.3 Å². The number of hydrogen-bond donors (Lipinski definition) is 2. The van der Waals surface area contributed by atoms with Crippen LogP contribution >= 0.6 is 0 Å². The SMILES string of the molecule is COc1ccc(C(CC(=O)NCCCNC(C)=O)C(C)C)cc1C. The highest BCUT2D eigenvalue weighted by atomic mass is 16.5. The van der Waals surface area contributed by atoms with Gasteiger partial charge in [-0.1, -0.05) is 26.0 Å². The second kappa shape index (κ2) is 9.96. The minimum atomic E-state index is -0.0453. The molecule has 0 saturated heterocycles. The molecule has 1 aromatic rings. The van der Waals surface area contributed by atoms with Crippen LogP contribution in [0.4, 0.5) is 0 Å². The summed E-state index contributed by atoms with van der Waals surface area (Å²) in [6.45, 7) is 8.93. The Morgan fingerprint density at radius 3 is 2.38 bits per heavy atom. The monoisotopic (exact) mass is 334 g/mol. The first-order chi connectivity index (χ1) is 11.3. The molecule has 2 N–H and O–H groups in total. The maximum atomic E-state index is 12.2. The third kappa shape index (κ3) is 6.60. The Labute approximate surface area is 145 Å². The van der Waals surface area contributed by atoms with Crippen LogP contribution in [-0.4, -0.2) is 32.0 Å². The van der Waals surface area contributed by atoms with Crippen molar-refractivity contribution in [2.45, 2.75) is 46.5 Å². The molecule has 1 rings (SSSR count). The van der Waals surface area contributed by atoms with Crippen molar-refractivity contribution >= 4 is 11.8 Å². The van der Waals surface area contributed by atoms with E-state index in [2.05, 4.69) is 30.5 Å². The predicted octanol–water partition coefficient (Wildman–Crippen LogP) is 2.78. The summed E-state index contributed by atoms with van der Waals surface area (Å²) in [4.78, 5) is 23.0. The minimum Gasteiger partial charge on any atom is -0.496 e. The summed E-state index contributed by atoms with van der Waals surface area (Å²) in [5.74, 6) is 1.40. The van der Waals surface area contributed by atoms with Gasteiger partial charge in [0.05, 0.1) is 7.11 Å².